The molecule has 0 bridgehead atoms. The van der Waals surface area contributed by atoms with Gasteiger partial charge in [0.25, 0.3) is 0 Å². The predicted octanol–water partition coefficient (Wildman–Crippen LogP) is 4.56. The van der Waals surface area contributed by atoms with Crippen LogP contribution in [0.1, 0.15) is 71.6 Å². The zero-order valence-electron chi connectivity index (χ0n) is 12.6. The summed E-state index contributed by atoms with van der Waals surface area (Å²) in [6.45, 7) is 5.28. The molecule has 0 aromatic heterocycles. The van der Waals surface area contributed by atoms with E-state index in [9.17, 15) is 4.79 Å². The van der Waals surface area contributed by atoms with Crippen molar-refractivity contribution in [3.05, 3.63) is 11.6 Å². The van der Waals surface area contributed by atoms with Crippen LogP contribution in [-0.4, -0.2) is 24.3 Å². The Hall–Kier alpha value is -0.830. The molecule has 3 heteroatoms. The van der Waals surface area contributed by atoms with Crippen molar-refractivity contribution >= 4 is 5.97 Å². The molecule has 0 aliphatic rings. The fourth-order valence-corrected chi connectivity index (χ4v) is 1.89. The summed E-state index contributed by atoms with van der Waals surface area (Å²) < 4.78 is 5.47. The van der Waals surface area contributed by atoms with Gasteiger partial charge in [-0.15, -0.1) is 0 Å². The van der Waals surface area contributed by atoms with E-state index < -0.39 is 5.97 Å². The van der Waals surface area contributed by atoms with Gasteiger partial charge in [0.15, 0.2) is 0 Å². The quantitative estimate of drug-likeness (QED) is 0.394. The molecule has 0 amide bonds. The Bertz CT molecular complexity index is 246. The number of hydrogen-bond donors (Lipinski definition) is 1. The van der Waals surface area contributed by atoms with Gasteiger partial charge in [-0.1, -0.05) is 57.9 Å². The largest absolute Gasteiger partial charge is 0.478 e. The Morgan fingerprint density at radius 2 is 1.58 bits per heavy atom. The topological polar surface area (TPSA) is 46.5 Å². The minimum atomic E-state index is -0.844. The van der Waals surface area contributed by atoms with E-state index in [4.69, 9.17) is 9.84 Å². The Balaban J connectivity index is 3.15. The van der Waals surface area contributed by atoms with Crippen molar-refractivity contribution in [2.45, 2.75) is 71.6 Å². The minimum absolute atomic E-state index is 0.399. The van der Waals surface area contributed by atoms with E-state index >= 15 is 0 Å². The zero-order valence-corrected chi connectivity index (χ0v) is 12.6. The summed E-state index contributed by atoms with van der Waals surface area (Å²) in [6.07, 6.45) is 12.9. The van der Waals surface area contributed by atoms with Crippen LogP contribution in [0.5, 0.6) is 0 Å². The predicted molar refractivity (Wildman–Crippen MR) is 79.4 cm³/mol. The van der Waals surface area contributed by atoms with Crippen LogP contribution in [0.4, 0.5) is 0 Å². The maximum Gasteiger partial charge on any atom is 0.330 e. The first-order valence-electron chi connectivity index (χ1n) is 7.66. The third kappa shape index (κ3) is 13.4. The van der Waals surface area contributed by atoms with E-state index in [0.29, 0.717) is 18.6 Å². The molecular formula is C16H30O3. The lowest BCUT2D eigenvalue weighted by molar-refractivity contribution is -0.132. The van der Waals surface area contributed by atoms with Crippen LogP contribution in [0, 0.1) is 0 Å². The Labute approximate surface area is 118 Å². The highest BCUT2D eigenvalue weighted by atomic mass is 16.5. The molecular weight excluding hydrogens is 240 g/mol. The Morgan fingerprint density at radius 1 is 1.00 bits per heavy atom. The minimum Gasteiger partial charge on any atom is -0.478 e. The molecule has 0 saturated heterocycles. The summed E-state index contributed by atoms with van der Waals surface area (Å²) in [5, 5.41) is 8.65. The maximum absolute atomic E-state index is 10.5. The number of unbranched alkanes of at least 4 members (excludes halogenated alkanes) is 7. The molecule has 0 aromatic rings. The summed E-state index contributed by atoms with van der Waals surface area (Å²) in [4.78, 5) is 10.5. The summed E-state index contributed by atoms with van der Waals surface area (Å²) in [7, 11) is 0. The standard InChI is InChI=1S/C16H30O3/c1-3-4-5-6-7-8-9-10-13-19-14-11-12-15(2)16(17)18/h12H,3-11,13-14H2,1-2H3,(H,17,18). The number of hydrogen-bond acceptors (Lipinski definition) is 2. The summed E-state index contributed by atoms with van der Waals surface area (Å²) in [5.74, 6) is -0.844. The lowest BCUT2D eigenvalue weighted by atomic mass is 10.1. The highest BCUT2D eigenvalue weighted by Gasteiger charge is 1.97. The van der Waals surface area contributed by atoms with Crippen LogP contribution in [0.25, 0.3) is 0 Å². The SMILES string of the molecule is CCCCCCCCCCOCCC=C(C)C(=O)O. The van der Waals surface area contributed by atoms with E-state index in [-0.39, 0.29) is 0 Å². The van der Waals surface area contributed by atoms with Gasteiger partial charge in [-0.3, -0.25) is 0 Å². The van der Waals surface area contributed by atoms with E-state index in [1.807, 2.05) is 0 Å². The van der Waals surface area contributed by atoms with Crippen LogP contribution in [0.2, 0.25) is 0 Å². The molecule has 0 heterocycles. The second-order valence-electron chi connectivity index (χ2n) is 5.07. The third-order valence-corrected chi connectivity index (χ3v) is 3.19. The van der Waals surface area contributed by atoms with Crippen LogP contribution >= 0.6 is 0 Å². The van der Waals surface area contributed by atoms with Gasteiger partial charge in [-0.05, 0) is 19.8 Å². The summed E-state index contributed by atoms with van der Waals surface area (Å²) in [6, 6.07) is 0. The first kappa shape index (κ1) is 18.2. The maximum atomic E-state index is 10.5. The molecule has 0 unspecified atom stereocenters. The van der Waals surface area contributed by atoms with E-state index in [2.05, 4.69) is 6.92 Å². The lowest BCUT2D eigenvalue weighted by Crippen LogP contribution is -1.99. The Kier molecular flexibility index (Phi) is 13.0. The van der Waals surface area contributed by atoms with Crippen molar-refractivity contribution < 1.29 is 14.6 Å². The molecule has 0 aliphatic heterocycles. The highest BCUT2D eigenvalue weighted by Crippen LogP contribution is 2.08. The van der Waals surface area contributed by atoms with Crippen molar-refractivity contribution in [1.29, 1.82) is 0 Å². The Morgan fingerprint density at radius 3 is 2.16 bits per heavy atom. The van der Waals surface area contributed by atoms with Gasteiger partial charge in [0.2, 0.25) is 0 Å². The van der Waals surface area contributed by atoms with E-state index in [1.165, 1.54) is 44.9 Å². The number of carboxylic acids is 1. The number of carboxylic acid groups (broad SMARTS) is 1. The molecule has 1 N–H and O–H groups in total. The number of aliphatic carboxylic acids is 1. The summed E-state index contributed by atoms with van der Waals surface area (Å²) >= 11 is 0. The van der Waals surface area contributed by atoms with Crippen molar-refractivity contribution in [1.82, 2.24) is 0 Å². The van der Waals surface area contributed by atoms with Gasteiger partial charge in [-0.25, -0.2) is 4.79 Å². The van der Waals surface area contributed by atoms with Gasteiger partial charge in [0.1, 0.15) is 0 Å². The number of rotatable bonds is 13. The van der Waals surface area contributed by atoms with Crippen molar-refractivity contribution in [2.24, 2.45) is 0 Å². The van der Waals surface area contributed by atoms with E-state index in [1.54, 1.807) is 13.0 Å². The van der Waals surface area contributed by atoms with Crippen molar-refractivity contribution in [3.63, 3.8) is 0 Å². The fraction of sp³-hybridized carbons (Fsp3) is 0.812. The second-order valence-corrected chi connectivity index (χ2v) is 5.07. The van der Waals surface area contributed by atoms with Crippen molar-refractivity contribution in [2.75, 3.05) is 13.2 Å². The van der Waals surface area contributed by atoms with Gasteiger partial charge in [0.05, 0.1) is 6.61 Å². The smallest absolute Gasteiger partial charge is 0.330 e. The normalized spacial score (nSPS) is 11.8. The van der Waals surface area contributed by atoms with Crippen LogP contribution < -0.4 is 0 Å². The molecule has 112 valence electrons. The molecule has 0 aromatic carbocycles. The highest BCUT2D eigenvalue weighted by molar-refractivity contribution is 5.85. The molecule has 3 nitrogen and oxygen atoms in total. The molecule has 0 radical (unpaired) electrons. The molecule has 0 fully saturated rings. The molecule has 19 heavy (non-hydrogen) atoms. The van der Waals surface area contributed by atoms with Gasteiger partial charge >= 0.3 is 5.97 Å². The molecule has 0 rings (SSSR count). The zero-order chi connectivity index (χ0) is 14.3. The average Bonchev–Trinajstić information content (AvgIpc) is 2.39. The number of carbonyl (C=O) groups is 1. The third-order valence-electron chi connectivity index (χ3n) is 3.19. The number of ether oxygens (including phenoxy) is 1. The monoisotopic (exact) mass is 270 g/mol. The van der Waals surface area contributed by atoms with E-state index in [0.717, 1.165) is 13.0 Å². The first-order valence-corrected chi connectivity index (χ1v) is 7.66. The van der Waals surface area contributed by atoms with Crippen LogP contribution in [-0.2, 0) is 9.53 Å². The lowest BCUT2D eigenvalue weighted by Gasteiger charge is -2.03. The van der Waals surface area contributed by atoms with Crippen LogP contribution in [0.3, 0.4) is 0 Å². The molecule has 0 spiro atoms. The van der Waals surface area contributed by atoms with Gasteiger partial charge < -0.3 is 9.84 Å². The molecule has 0 saturated carbocycles. The second kappa shape index (κ2) is 13.6. The fourth-order valence-electron chi connectivity index (χ4n) is 1.89. The van der Waals surface area contributed by atoms with Crippen molar-refractivity contribution in [3.8, 4) is 0 Å². The molecule has 0 atom stereocenters. The summed E-state index contributed by atoms with van der Waals surface area (Å²) in [5.41, 5.74) is 0.399. The first-order chi connectivity index (χ1) is 9.18. The van der Waals surface area contributed by atoms with Gasteiger partial charge in [-0.2, -0.15) is 0 Å². The van der Waals surface area contributed by atoms with Crippen LogP contribution in [0.15, 0.2) is 11.6 Å². The molecule has 0 aliphatic carbocycles. The average molecular weight is 270 g/mol. The van der Waals surface area contributed by atoms with Gasteiger partial charge in [0, 0.05) is 12.2 Å².